The van der Waals surface area contributed by atoms with Crippen LogP contribution >= 0.6 is 0 Å². The first-order valence-electron chi connectivity index (χ1n) is 23.7. The van der Waals surface area contributed by atoms with Gasteiger partial charge < -0.3 is 34.3 Å². The van der Waals surface area contributed by atoms with Gasteiger partial charge in [-0.1, -0.05) is 153 Å². The lowest BCUT2D eigenvalue weighted by Gasteiger charge is -2.41. The van der Waals surface area contributed by atoms with Gasteiger partial charge in [0.25, 0.3) is 0 Å². The quantitative estimate of drug-likeness (QED) is 0.0198. The fraction of sp³-hybridized carbons (Fsp3) is 0.851. The molecule has 60 heavy (non-hydrogen) atoms. The van der Waals surface area contributed by atoms with Gasteiger partial charge in [0.15, 0.2) is 6.29 Å². The molecule has 0 aromatic carbocycles. The van der Waals surface area contributed by atoms with Crippen molar-refractivity contribution in [2.24, 2.45) is 0 Å². The van der Waals surface area contributed by atoms with Crippen LogP contribution in [0.25, 0.3) is 0 Å². The predicted molar refractivity (Wildman–Crippen MR) is 239 cm³/mol. The van der Waals surface area contributed by atoms with Gasteiger partial charge >= 0.3 is 16.4 Å². The number of rotatable bonds is 41. The first-order valence-corrected chi connectivity index (χ1v) is 25.1. The third-order valence-electron chi connectivity index (χ3n) is 10.7. The zero-order valence-corrected chi connectivity index (χ0v) is 38.3. The van der Waals surface area contributed by atoms with Gasteiger partial charge in [0, 0.05) is 13.0 Å². The topological polar surface area (TPSA) is 178 Å². The number of aliphatic hydroxyl groups is 3. The Morgan fingerprint density at radius 1 is 0.633 bits per heavy atom. The number of carbonyl (C=O) groups excluding carboxylic acids is 1. The Morgan fingerprint density at radius 2 is 1.10 bits per heavy atom. The number of ether oxygens (including phenoxy) is 4. The largest absolute Gasteiger partial charge is 0.457 e. The molecule has 12 nitrogen and oxygen atoms in total. The van der Waals surface area contributed by atoms with Crippen LogP contribution in [0.5, 0.6) is 0 Å². The maximum Gasteiger partial charge on any atom is 0.397 e. The smallest absolute Gasteiger partial charge is 0.397 e. The maximum absolute atomic E-state index is 12.9. The molecule has 0 aromatic rings. The summed E-state index contributed by atoms with van der Waals surface area (Å²) in [6.45, 7) is 3.95. The Kier molecular flexibility index (Phi) is 36.6. The van der Waals surface area contributed by atoms with E-state index in [-0.39, 0.29) is 19.6 Å². The molecule has 6 atom stereocenters. The van der Waals surface area contributed by atoms with E-state index in [1.807, 2.05) is 0 Å². The summed E-state index contributed by atoms with van der Waals surface area (Å²) in [4.78, 5) is 12.9. The van der Waals surface area contributed by atoms with Crippen molar-refractivity contribution in [3.05, 3.63) is 36.5 Å². The molecule has 1 fully saturated rings. The number of carbonyl (C=O) groups is 1. The Balaban J connectivity index is 2.43. The van der Waals surface area contributed by atoms with Crippen molar-refractivity contribution in [2.45, 2.75) is 230 Å². The molecule has 0 aromatic heterocycles. The second kappa shape index (κ2) is 39.0. The van der Waals surface area contributed by atoms with Crippen LogP contribution in [0, 0.1) is 0 Å². The lowest BCUT2D eigenvalue weighted by Crippen LogP contribution is -2.60. The summed E-state index contributed by atoms with van der Waals surface area (Å²) in [5.74, 6) is -0.414. The third kappa shape index (κ3) is 32.1. The lowest BCUT2D eigenvalue weighted by atomic mass is 9.99. The number of unbranched alkanes of at least 4 members (excludes halogenated alkanes) is 22. The van der Waals surface area contributed by atoms with E-state index in [1.165, 1.54) is 96.3 Å². The average Bonchev–Trinajstić information content (AvgIpc) is 3.22. The molecule has 6 unspecified atom stereocenters. The Morgan fingerprint density at radius 3 is 1.62 bits per heavy atom. The summed E-state index contributed by atoms with van der Waals surface area (Å²) in [7, 11) is -5.06. The van der Waals surface area contributed by atoms with Crippen molar-refractivity contribution in [3.8, 4) is 0 Å². The van der Waals surface area contributed by atoms with Crippen molar-refractivity contribution in [1.82, 2.24) is 0 Å². The van der Waals surface area contributed by atoms with Crippen LogP contribution in [-0.4, -0.2) is 97.5 Å². The molecular formula is C47H86O12S. The zero-order valence-electron chi connectivity index (χ0n) is 37.5. The molecule has 352 valence electrons. The van der Waals surface area contributed by atoms with E-state index in [0.717, 1.165) is 70.6 Å². The summed E-state index contributed by atoms with van der Waals surface area (Å²) >= 11 is 0. The van der Waals surface area contributed by atoms with Gasteiger partial charge in [-0.05, 0) is 70.6 Å². The molecule has 0 bridgehead atoms. The summed E-state index contributed by atoms with van der Waals surface area (Å²) in [6, 6.07) is 0. The highest BCUT2D eigenvalue weighted by molar-refractivity contribution is 7.80. The average molecular weight is 875 g/mol. The Labute approximate surface area is 364 Å². The van der Waals surface area contributed by atoms with E-state index in [1.54, 1.807) is 0 Å². The van der Waals surface area contributed by atoms with Crippen molar-refractivity contribution >= 4 is 16.4 Å². The molecule has 0 aliphatic carbocycles. The standard InChI is InChI=1S/C47H86O12S/c1-3-5-7-9-11-13-15-17-19-21-23-25-27-29-31-33-35-37-55-39-41(40-56-47-45(51)46(59-60(52,53)54)44(50)42(38-48)58-47)57-43(49)36-34-32-30-28-26-24-22-20-18-16-14-12-10-8-6-4-2/h14,16,19-22,41-42,44-48,50-51H,3-13,15,17-18,23-40H2,1-2H3,(H,52,53,54)/b16-14-,21-19-,22-20-. The molecule has 1 aliphatic heterocycles. The molecule has 0 spiro atoms. The predicted octanol–water partition coefficient (Wildman–Crippen LogP) is 10.2. The fourth-order valence-electron chi connectivity index (χ4n) is 7.11. The number of allylic oxidation sites excluding steroid dienone is 6. The molecule has 0 radical (unpaired) electrons. The minimum Gasteiger partial charge on any atom is -0.457 e. The molecule has 4 N–H and O–H groups in total. The fourth-order valence-corrected chi connectivity index (χ4v) is 7.62. The van der Waals surface area contributed by atoms with E-state index < -0.39 is 59.8 Å². The van der Waals surface area contributed by atoms with Gasteiger partial charge in [-0.3, -0.25) is 9.35 Å². The van der Waals surface area contributed by atoms with Crippen molar-refractivity contribution in [1.29, 1.82) is 0 Å². The number of hydrogen-bond donors (Lipinski definition) is 4. The summed E-state index contributed by atoms with van der Waals surface area (Å²) < 4.78 is 59.1. The first-order chi connectivity index (χ1) is 29.1. The molecule has 1 heterocycles. The van der Waals surface area contributed by atoms with Crippen LogP contribution in [0.3, 0.4) is 0 Å². The minimum atomic E-state index is -5.06. The number of aliphatic hydroxyl groups excluding tert-OH is 3. The van der Waals surface area contributed by atoms with Crippen LogP contribution in [0.2, 0.25) is 0 Å². The third-order valence-corrected chi connectivity index (χ3v) is 11.2. The van der Waals surface area contributed by atoms with Gasteiger partial charge in [0.1, 0.15) is 30.5 Å². The molecular weight excluding hydrogens is 789 g/mol. The normalized spacial score (nSPS) is 20.5. The molecule has 1 saturated heterocycles. The van der Waals surface area contributed by atoms with Crippen LogP contribution in [0.1, 0.15) is 194 Å². The lowest BCUT2D eigenvalue weighted by molar-refractivity contribution is -0.301. The second-order valence-electron chi connectivity index (χ2n) is 16.3. The Hall–Kier alpha value is -1.68. The van der Waals surface area contributed by atoms with E-state index in [9.17, 15) is 28.5 Å². The molecule has 0 saturated carbocycles. The Bertz CT molecular complexity index is 1190. The van der Waals surface area contributed by atoms with E-state index in [4.69, 9.17) is 23.5 Å². The van der Waals surface area contributed by atoms with E-state index >= 15 is 0 Å². The van der Waals surface area contributed by atoms with Gasteiger partial charge in [0.05, 0.1) is 19.8 Å². The van der Waals surface area contributed by atoms with Crippen LogP contribution in [-0.2, 0) is 38.3 Å². The van der Waals surface area contributed by atoms with Crippen LogP contribution < -0.4 is 0 Å². The maximum atomic E-state index is 12.9. The van der Waals surface area contributed by atoms with Gasteiger partial charge in [-0.25, -0.2) is 4.18 Å². The first kappa shape index (κ1) is 56.3. The van der Waals surface area contributed by atoms with Crippen molar-refractivity contribution in [2.75, 3.05) is 26.4 Å². The number of hydrogen-bond acceptors (Lipinski definition) is 11. The summed E-state index contributed by atoms with van der Waals surface area (Å²) in [5.41, 5.74) is 0. The zero-order chi connectivity index (χ0) is 43.9. The highest BCUT2D eigenvalue weighted by Gasteiger charge is 2.48. The van der Waals surface area contributed by atoms with E-state index in [2.05, 4.69) is 54.5 Å². The van der Waals surface area contributed by atoms with E-state index in [0.29, 0.717) is 13.0 Å². The van der Waals surface area contributed by atoms with Crippen LogP contribution in [0.15, 0.2) is 36.5 Å². The monoisotopic (exact) mass is 875 g/mol. The van der Waals surface area contributed by atoms with Crippen LogP contribution in [0.4, 0.5) is 0 Å². The molecule has 13 heteroatoms. The molecule has 1 rings (SSSR count). The van der Waals surface area contributed by atoms with Gasteiger partial charge in [-0.2, -0.15) is 8.42 Å². The van der Waals surface area contributed by atoms with Crippen molar-refractivity contribution < 1.29 is 56.2 Å². The van der Waals surface area contributed by atoms with Gasteiger partial charge in [-0.15, -0.1) is 0 Å². The highest BCUT2D eigenvalue weighted by atomic mass is 32.3. The summed E-state index contributed by atoms with van der Waals surface area (Å²) in [5, 5.41) is 30.7. The SMILES string of the molecule is CCCCCC/C=C\C/C=C\CCCCCCCC(=O)OC(COCCCCCCCC/C=C\CCCCCCCCC)COC1OC(CO)C(O)C(OS(=O)(=O)O)C1O. The highest BCUT2D eigenvalue weighted by Crippen LogP contribution is 2.26. The molecule has 1 aliphatic rings. The molecule has 0 amide bonds. The second-order valence-corrected chi connectivity index (χ2v) is 17.4. The minimum absolute atomic E-state index is 0.0268. The van der Waals surface area contributed by atoms with Crippen molar-refractivity contribution in [3.63, 3.8) is 0 Å². The summed E-state index contributed by atoms with van der Waals surface area (Å²) in [6.07, 6.45) is 36.0. The van der Waals surface area contributed by atoms with Gasteiger partial charge in [0.2, 0.25) is 0 Å². The number of esters is 1.